The summed E-state index contributed by atoms with van der Waals surface area (Å²) < 4.78 is 0. The van der Waals surface area contributed by atoms with Crippen LogP contribution in [0.5, 0.6) is 0 Å². The second kappa shape index (κ2) is 4.27. The molecular formula is C10H11ClO. The predicted molar refractivity (Wildman–Crippen MR) is 50.3 cm³/mol. The van der Waals surface area contributed by atoms with Gasteiger partial charge in [0.15, 0.2) is 0 Å². The molecule has 0 aliphatic heterocycles. The molecule has 64 valence electrons. The van der Waals surface area contributed by atoms with E-state index in [0.29, 0.717) is 0 Å². The van der Waals surface area contributed by atoms with E-state index >= 15 is 0 Å². The minimum absolute atomic E-state index is 0.145. The van der Waals surface area contributed by atoms with Gasteiger partial charge in [-0.1, -0.05) is 37.3 Å². The molecule has 0 saturated heterocycles. The fourth-order valence-corrected chi connectivity index (χ4v) is 1.49. The van der Waals surface area contributed by atoms with Gasteiger partial charge in [0.25, 0.3) is 0 Å². The van der Waals surface area contributed by atoms with Gasteiger partial charge in [-0.3, -0.25) is 4.79 Å². The van der Waals surface area contributed by atoms with Gasteiger partial charge in [0.2, 0.25) is 5.24 Å². The first-order valence-electron chi connectivity index (χ1n) is 4.00. The zero-order chi connectivity index (χ0) is 8.97. The average molecular weight is 183 g/mol. The van der Waals surface area contributed by atoms with Crippen LogP contribution in [0.25, 0.3) is 0 Å². The molecule has 0 saturated carbocycles. The van der Waals surface area contributed by atoms with Gasteiger partial charge in [-0.2, -0.15) is 0 Å². The lowest BCUT2D eigenvalue weighted by Gasteiger charge is -2.08. The molecule has 1 rings (SSSR count). The first-order chi connectivity index (χ1) is 5.75. The van der Waals surface area contributed by atoms with Crippen molar-refractivity contribution in [2.75, 3.05) is 0 Å². The Morgan fingerprint density at radius 1 is 1.42 bits per heavy atom. The molecule has 0 aliphatic rings. The summed E-state index contributed by atoms with van der Waals surface area (Å²) >= 11 is 5.44. The predicted octanol–water partition coefficient (Wildman–Crippen LogP) is 2.95. The van der Waals surface area contributed by atoms with Gasteiger partial charge >= 0.3 is 0 Å². The molecule has 0 spiro atoms. The van der Waals surface area contributed by atoms with E-state index in [2.05, 4.69) is 0 Å². The second-order valence-electron chi connectivity index (χ2n) is 2.68. The van der Waals surface area contributed by atoms with Gasteiger partial charge in [0, 0.05) is 0 Å². The lowest BCUT2D eigenvalue weighted by atomic mass is 9.98. The molecule has 1 nitrogen and oxygen atoms in total. The smallest absolute Gasteiger partial charge is 0.229 e. The summed E-state index contributed by atoms with van der Waals surface area (Å²) in [6, 6.07) is 9.60. The maximum atomic E-state index is 10.9. The van der Waals surface area contributed by atoms with Crippen LogP contribution in [-0.4, -0.2) is 5.24 Å². The van der Waals surface area contributed by atoms with Crippen molar-refractivity contribution < 1.29 is 4.79 Å². The van der Waals surface area contributed by atoms with Crippen LogP contribution in [0.3, 0.4) is 0 Å². The zero-order valence-corrected chi connectivity index (χ0v) is 7.71. The summed E-state index contributed by atoms with van der Waals surface area (Å²) in [5.41, 5.74) is 1.00. The minimum Gasteiger partial charge on any atom is -0.281 e. The molecule has 0 fully saturated rings. The van der Waals surface area contributed by atoms with Crippen LogP contribution >= 0.6 is 11.6 Å². The van der Waals surface area contributed by atoms with Gasteiger partial charge in [-0.25, -0.2) is 0 Å². The van der Waals surface area contributed by atoms with Gasteiger partial charge in [0.05, 0.1) is 5.92 Å². The Hall–Kier alpha value is -0.820. The van der Waals surface area contributed by atoms with Crippen molar-refractivity contribution in [2.24, 2.45) is 0 Å². The largest absolute Gasteiger partial charge is 0.281 e. The maximum Gasteiger partial charge on any atom is 0.229 e. The average Bonchev–Trinajstić information content (AvgIpc) is 2.07. The summed E-state index contributed by atoms with van der Waals surface area (Å²) in [4.78, 5) is 10.9. The molecule has 1 aromatic rings. The highest BCUT2D eigenvalue weighted by atomic mass is 35.5. The molecular weight excluding hydrogens is 172 g/mol. The highest BCUT2D eigenvalue weighted by Crippen LogP contribution is 2.21. The molecule has 0 N–H and O–H groups in total. The van der Waals surface area contributed by atoms with E-state index in [4.69, 9.17) is 11.6 Å². The molecule has 0 amide bonds. The van der Waals surface area contributed by atoms with Crippen LogP contribution in [0.4, 0.5) is 0 Å². The highest BCUT2D eigenvalue weighted by molar-refractivity contribution is 6.64. The van der Waals surface area contributed by atoms with Crippen LogP contribution in [-0.2, 0) is 4.79 Å². The molecule has 0 radical (unpaired) electrons. The maximum absolute atomic E-state index is 10.9. The van der Waals surface area contributed by atoms with Crippen molar-refractivity contribution in [3.05, 3.63) is 35.9 Å². The van der Waals surface area contributed by atoms with Crippen LogP contribution in [0.15, 0.2) is 30.3 Å². The number of carbonyl (C=O) groups is 1. The number of rotatable bonds is 3. The number of benzene rings is 1. The van der Waals surface area contributed by atoms with E-state index in [1.165, 1.54) is 0 Å². The number of halogens is 1. The zero-order valence-electron chi connectivity index (χ0n) is 6.96. The van der Waals surface area contributed by atoms with Crippen molar-refractivity contribution in [3.63, 3.8) is 0 Å². The van der Waals surface area contributed by atoms with E-state index in [1.807, 2.05) is 37.3 Å². The molecule has 0 aliphatic carbocycles. The van der Waals surface area contributed by atoms with E-state index in [0.717, 1.165) is 12.0 Å². The fraction of sp³-hybridized carbons (Fsp3) is 0.300. The molecule has 0 heterocycles. The molecule has 0 bridgehead atoms. The van der Waals surface area contributed by atoms with E-state index in [-0.39, 0.29) is 11.2 Å². The molecule has 0 aromatic heterocycles. The Morgan fingerprint density at radius 3 is 2.42 bits per heavy atom. The number of hydrogen-bond donors (Lipinski definition) is 0. The third-order valence-electron chi connectivity index (χ3n) is 1.88. The Labute approximate surface area is 77.4 Å². The van der Waals surface area contributed by atoms with Gasteiger partial charge < -0.3 is 0 Å². The van der Waals surface area contributed by atoms with Crippen LogP contribution in [0.2, 0.25) is 0 Å². The van der Waals surface area contributed by atoms with Gasteiger partial charge in [0.1, 0.15) is 0 Å². The molecule has 2 heteroatoms. The summed E-state index contributed by atoms with van der Waals surface area (Å²) in [5.74, 6) is -0.145. The normalized spacial score (nSPS) is 12.5. The molecule has 1 aromatic carbocycles. The second-order valence-corrected chi connectivity index (χ2v) is 3.05. The van der Waals surface area contributed by atoms with Crippen LogP contribution in [0, 0.1) is 0 Å². The third kappa shape index (κ3) is 2.08. The fourth-order valence-electron chi connectivity index (χ4n) is 1.21. The van der Waals surface area contributed by atoms with Crippen molar-refractivity contribution in [3.8, 4) is 0 Å². The summed E-state index contributed by atoms with van der Waals surface area (Å²) in [5, 5.41) is -0.274. The number of carbonyl (C=O) groups excluding carboxylic acids is 1. The van der Waals surface area contributed by atoms with Crippen LogP contribution < -0.4 is 0 Å². The number of hydrogen-bond acceptors (Lipinski definition) is 1. The standard InChI is InChI=1S/C10H11ClO/c1-2-9(10(11)12)8-6-4-3-5-7-8/h3-7,9H,2H2,1H3/t9-/m0/s1. The third-order valence-corrected chi connectivity index (χ3v) is 2.15. The summed E-state index contributed by atoms with van der Waals surface area (Å²) in [6.07, 6.45) is 0.756. The lowest BCUT2D eigenvalue weighted by Crippen LogP contribution is -2.04. The Bertz CT molecular complexity index is 256. The van der Waals surface area contributed by atoms with E-state index < -0.39 is 0 Å². The van der Waals surface area contributed by atoms with E-state index in [9.17, 15) is 4.79 Å². The summed E-state index contributed by atoms with van der Waals surface area (Å²) in [7, 11) is 0. The van der Waals surface area contributed by atoms with E-state index in [1.54, 1.807) is 0 Å². The van der Waals surface area contributed by atoms with Crippen molar-refractivity contribution in [1.29, 1.82) is 0 Å². The molecule has 1 atom stereocenters. The monoisotopic (exact) mass is 182 g/mol. The van der Waals surface area contributed by atoms with Gasteiger partial charge in [-0.15, -0.1) is 0 Å². The highest BCUT2D eigenvalue weighted by Gasteiger charge is 2.15. The Morgan fingerprint density at radius 2 is 2.00 bits per heavy atom. The van der Waals surface area contributed by atoms with Gasteiger partial charge in [-0.05, 0) is 23.6 Å². The lowest BCUT2D eigenvalue weighted by molar-refractivity contribution is -0.113. The first-order valence-corrected chi connectivity index (χ1v) is 4.37. The van der Waals surface area contributed by atoms with Crippen molar-refractivity contribution >= 4 is 16.8 Å². The van der Waals surface area contributed by atoms with Crippen molar-refractivity contribution in [2.45, 2.75) is 19.3 Å². The first kappa shape index (κ1) is 9.27. The SMILES string of the molecule is CC[C@H](C(=O)Cl)c1ccccc1. The molecule has 0 unspecified atom stereocenters. The quantitative estimate of drug-likeness (QED) is 0.657. The van der Waals surface area contributed by atoms with Crippen molar-refractivity contribution in [1.82, 2.24) is 0 Å². The van der Waals surface area contributed by atoms with Crippen LogP contribution in [0.1, 0.15) is 24.8 Å². The summed E-state index contributed by atoms with van der Waals surface area (Å²) in [6.45, 7) is 1.96. The minimum atomic E-state index is -0.274. The Kier molecular flexibility index (Phi) is 3.30. The topological polar surface area (TPSA) is 17.1 Å². The Balaban J connectivity index is 2.88. The molecule has 12 heavy (non-hydrogen) atoms.